The molecule has 2 aromatic carbocycles. The zero-order chi connectivity index (χ0) is 21.6. The molecule has 31 heavy (non-hydrogen) atoms. The van der Waals surface area contributed by atoms with Crippen molar-refractivity contribution in [3.8, 4) is 11.5 Å². The normalized spacial score (nSPS) is 16.5. The molecule has 1 saturated heterocycles. The van der Waals surface area contributed by atoms with Gasteiger partial charge in [-0.1, -0.05) is 25.1 Å². The van der Waals surface area contributed by atoms with Crippen LogP contribution in [0.2, 0.25) is 0 Å². The molecule has 2 heterocycles. The van der Waals surface area contributed by atoms with Gasteiger partial charge >= 0.3 is 11.8 Å². The number of morpholine rings is 1. The van der Waals surface area contributed by atoms with E-state index in [-0.39, 0.29) is 12.8 Å². The lowest BCUT2D eigenvalue weighted by Crippen LogP contribution is -2.45. The number of ether oxygens (including phenoxy) is 3. The van der Waals surface area contributed by atoms with Crippen LogP contribution in [0.5, 0.6) is 11.5 Å². The van der Waals surface area contributed by atoms with Crippen molar-refractivity contribution < 1.29 is 23.8 Å². The summed E-state index contributed by atoms with van der Waals surface area (Å²) in [7, 11) is 0. The Labute approximate surface area is 181 Å². The fraction of sp³-hybridized carbons (Fsp3) is 0.391. The Hall–Kier alpha value is -3.10. The molecular formula is C23H27N3O5. The van der Waals surface area contributed by atoms with Crippen LogP contribution < -0.4 is 20.1 Å². The molecule has 2 aromatic rings. The first-order chi connectivity index (χ1) is 15.1. The van der Waals surface area contributed by atoms with Gasteiger partial charge in [-0.3, -0.25) is 14.5 Å². The van der Waals surface area contributed by atoms with E-state index in [9.17, 15) is 9.59 Å². The monoisotopic (exact) mass is 425 g/mol. The highest BCUT2D eigenvalue weighted by Gasteiger charge is 2.26. The number of fused-ring (bicyclic) bond motifs is 1. The van der Waals surface area contributed by atoms with Crippen molar-refractivity contribution in [2.75, 3.05) is 45.0 Å². The highest BCUT2D eigenvalue weighted by molar-refractivity contribution is 6.39. The van der Waals surface area contributed by atoms with Crippen molar-refractivity contribution in [2.45, 2.75) is 19.4 Å². The molecular weight excluding hydrogens is 398 g/mol. The van der Waals surface area contributed by atoms with Crippen LogP contribution in [-0.4, -0.2) is 56.4 Å². The van der Waals surface area contributed by atoms with Crippen LogP contribution in [0.1, 0.15) is 24.1 Å². The Bertz CT molecular complexity index is 925. The summed E-state index contributed by atoms with van der Waals surface area (Å²) in [5.74, 6) is 0.0478. The smallest absolute Gasteiger partial charge is 0.313 e. The SMILES string of the molecule is CCc1ccc(NC(=O)C(=O)NC[C@H](c2ccc3c(c2)OCO3)N2CCOCC2)cc1. The van der Waals surface area contributed by atoms with Crippen LogP contribution in [0.15, 0.2) is 42.5 Å². The topological polar surface area (TPSA) is 89.1 Å². The third-order valence-electron chi connectivity index (χ3n) is 5.55. The van der Waals surface area contributed by atoms with Gasteiger partial charge in [0.2, 0.25) is 6.79 Å². The molecule has 2 N–H and O–H groups in total. The van der Waals surface area contributed by atoms with Crippen molar-refractivity contribution in [2.24, 2.45) is 0 Å². The van der Waals surface area contributed by atoms with Gasteiger partial charge < -0.3 is 24.8 Å². The van der Waals surface area contributed by atoms with Crippen molar-refractivity contribution in [1.29, 1.82) is 0 Å². The van der Waals surface area contributed by atoms with Crippen molar-refractivity contribution in [1.82, 2.24) is 10.2 Å². The maximum absolute atomic E-state index is 12.5. The van der Waals surface area contributed by atoms with Crippen LogP contribution in [-0.2, 0) is 20.7 Å². The number of hydrogen-bond donors (Lipinski definition) is 2. The molecule has 8 heteroatoms. The van der Waals surface area contributed by atoms with Crippen molar-refractivity contribution >= 4 is 17.5 Å². The van der Waals surface area contributed by atoms with Crippen molar-refractivity contribution in [3.05, 3.63) is 53.6 Å². The van der Waals surface area contributed by atoms with Crippen LogP contribution in [0.25, 0.3) is 0 Å². The van der Waals surface area contributed by atoms with E-state index in [1.165, 1.54) is 5.56 Å². The molecule has 0 unspecified atom stereocenters. The van der Waals surface area contributed by atoms with E-state index >= 15 is 0 Å². The van der Waals surface area contributed by atoms with Gasteiger partial charge in [0, 0.05) is 25.3 Å². The summed E-state index contributed by atoms with van der Waals surface area (Å²) in [6.45, 7) is 5.30. The number of hydrogen-bond acceptors (Lipinski definition) is 6. The van der Waals surface area contributed by atoms with E-state index < -0.39 is 11.8 Å². The van der Waals surface area contributed by atoms with Crippen LogP contribution >= 0.6 is 0 Å². The van der Waals surface area contributed by atoms with E-state index in [2.05, 4.69) is 22.5 Å². The van der Waals surface area contributed by atoms with E-state index in [0.29, 0.717) is 36.9 Å². The largest absolute Gasteiger partial charge is 0.454 e. The van der Waals surface area contributed by atoms with Gasteiger partial charge in [0.25, 0.3) is 0 Å². The fourth-order valence-corrected chi connectivity index (χ4v) is 3.75. The molecule has 1 atom stereocenters. The Kier molecular flexibility index (Phi) is 6.69. The summed E-state index contributed by atoms with van der Waals surface area (Å²) in [6, 6.07) is 13.1. The molecule has 2 aliphatic heterocycles. The Morgan fingerprint density at radius 2 is 1.74 bits per heavy atom. The summed E-state index contributed by atoms with van der Waals surface area (Å²) in [4.78, 5) is 27.1. The first-order valence-corrected chi connectivity index (χ1v) is 10.5. The predicted octanol–water partition coefficient (Wildman–Crippen LogP) is 2.11. The van der Waals surface area contributed by atoms with E-state index in [0.717, 1.165) is 25.1 Å². The summed E-state index contributed by atoms with van der Waals surface area (Å²) in [5, 5.41) is 5.43. The lowest BCUT2D eigenvalue weighted by atomic mass is 10.0. The molecule has 0 aromatic heterocycles. The summed E-state index contributed by atoms with van der Waals surface area (Å²) in [5.41, 5.74) is 2.75. The average Bonchev–Trinajstić information content (AvgIpc) is 3.28. The number of rotatable bonds is 6. The highest BCUT2D eigenvalue weighted by Crippen LogP contribution is 2.35. The fourth-order valence-electron chi connectivity index (χ4n) is 3.75. The number of carbonyl (C=O) groups is 2. The Morgan fingerprint density at radius 1 is 1.00 bits per heavy atom. The van der Waals surface area contributed by atoms with E-state index in [1.807, 2.05) is 30.3 Å². The van der Waals surface area contributed by atoms with E-state index in [1.54, 1.807) is 12.1 Å². The van der Waals surface area contributed by atoms with Gasteiger partial charge in [0.05, 0.1) is 19.3 Å². The molecule has 0 bridgehead atoms. The minimum absolute atomic E-state index is 0.112. The molecule has 0 saturated carbocycles. The minimum Gasteiger partial charge on any atom is -0.454 e. The van der Waals surface area contributed by atoms with Gasteiger partial charge in [-0.15, -0.1) is 0 Å². The van der Waals surface area contributed by atoms with Gasteiger partial charge in [-0.25, -0.2) is 0 Å². The molecule has 4 rings (SSSR count). The van der Waals surface area contributed by atoms with Crippen molar-refractivity contribution in [3.63, 3.8) is 0 Å². The Balaban J connectivity index is 1.41. The van der Waals surface area contributed by atoms with Gasteiger partial charge in [-0.2, -0.15) is 0 Å². The third kappa shape index (κ3) is 5.15. The van der Waals surface area contributed by atoms with Crippen LogP contribution in [0.3, 0.4) is 0 Å². The lowest BCUT2D eigenvalue weighted by Gasteiger charge is -2.34. The second-order valence-corrected chi connectivity index (χ2v) is 7.49. The molecule has 164 valence electrons. The maximum Gasteiger partial charge on any atom is 0.313 e. The lowest BCUT2D eigenvalue weighted by molar-refractivity contribution is -0.136. The van der Waals surface area contributed by atoms with Crippen LogP contribution in [0.4, 0.5) is 5.69 Å². The summed E-state index contributed by atoms with van der Waals surface area (Å²) in [6.07, 6.45) is 0.914. The van der Waals surface area contributed by atoms with Gasteiger partial charge in [-0.05, 0) is 41.8 Å². The zero-order valence-electron chi connectivity index (χ0n) is 17.6. The average molecular weight is 425 g/mol. The number of nitrogens with zero attached hydrogens (tertiary/aromatic N) is 1. The predicted molar refractivity (Wildman–Crippen MR) is 115 cm³/mol. The summed E-state index contributed by atoms with van der Waals surface area (Å²) < 4.78 is 16.4. The first kappa shape index (κ1) is 21.1. The second kappa shape index (κ2) is 9.80. The molecule has 0 aliphatic carbocycles. The minimum atomic E-state index is -0.685. The molecule has 0 radical (unpaired) electrons. The number of amides is 2. The second-order valence-electron chi connectivity index (χ2n) is 7.49. The number of aryl methyl sites for hydroxylation is 1. The van der Waals surface area contributed by atoms with E-state index in [4.69, 9.17) is 14.2 Å². The molecule has 0 spiro atoms. The van der Waals surface area contributed by atoms with Crippen LogP contribution in [0, 0.1) is 0 Å². The van der Waals surface area contributed by atoms with Gasteiger partial charge in [0.1, 0.15) is 0 Å². The zero-order valence-corrected chi connectivity index (χ0v) is 17.6. The number of nitrogens with one attached hydrogen (secondary N) is 2. The molecule has 1 fully saturated rings. The number of anilines is 1. The third-order valence-corrected chi connectivity index (χ3v) is 5.55. The molecule has 8 nitrogen and oxygen atoms in total. The standard InChI is InChI=1S/C23H27N3O5/c1-2-16-3-6-18(7-4-16)25-23(28)22(27)24-14-19(26-9-11-29-12-10-26)17-5-8-20-21(13-17)31-15-30-20/h3-8,13,19H,2,9-12,14-15H2,1H3,(H,24,27)(H,25,28)/t19-/m1/s1. The quantitative estimate of drug-likeness (QED) is 0.689. The Morgan fingerprint density at radius 3 is 2.48 bits per heavy atom. The molecule has 2 amide bonds. The number of benzene rings is 2. The highest BCUT2D eigenvalue weighted by atomic mass is 16.7. The molecule has 2 aliphatic rings. The number of carbonyl (C=O) groups excluding carboxylic acids is 2. The van der Waals surface area contributed by atoms with Gasteiger partial charge in [0.15, 0.2) is 11.5 Å². The first-order valence-electron chi connectivity index (χ1n) is 10.5. The summed E-state index contributed by atoms with van der Waals surface area (Å²) >= 11 is 0. The maximum atomic E-state index is 12.5.